The first-order valence-electron chi connectivity index (χ1n) is 3.11. The molecule has 0 rings (SSSR count). The first-order valence-corrected chi connectivity index (χ1v) is 6.33. The van der Waals surface area contributed by atoms with Crippen LogP contribution in [0.3, 0.4) is 0 Å². The lowest BCUT2D eigenvalue weighted by Gasteiger charge is -2.30. The molecule has 0 aromatic carbocycles. The van der Waals surface area contributed by atoms with Crippen LogP contribution in [0.5, 0.6) is 0 Å². The second kappa shape index (κ2) is 3.62. The number of carbonyl (C=O) groups excluding carboxylic acids is 1. The van der Waals surface area contributed by atoms with E-state index < -0.39 is 26.2 Å². The van der Waals surface area contributed by atoms with Crippen molar-refractivity contribution in [2.45, 2.75) is 11.9 Å². The van der Waals surface area contributed by atoms with Crippen molar-refractivity contribution in [2.24, 2.45) is 5.73 Å². The summed E-state index contributed by atoms with van der Waals surface area (Å²) in [5.41, 5.74) is 4.54. The Morgan fingerprint density at radius 3 is 1.57 bits per heavy atom. The summed E-state index contributed by atoms with van der Waals surface area (Å²) in [5, 5.41) is -1.65. The molecule has 7 N–H and O–H groups in total. The summed E-state index contributed by atoms with van der Waals surface area (Å²) in [4.78, 5) is 45.0. The van der Waals surface area contributed by atoms with Crippen LogP contribution < -0.4 is 11.1 Å². The Bertz CT molecular complexity index is 306. The van der Waals surface area contributed by atoms with Gasteiger partial charge in [0.25, 0.3) is 0 Å². The highest BCUT2D eigenvalue weighted by Gasteiger charge is 2.57. The van der Waals surface area contributed by atoms with E-state index >= 15 is 0 Å². The fourth-order valence-electron chi connectivity index (χ4n) is 0.549. The number of hydrogen-bond acceptors (Lipinski definition) is 3. The number of amides is 2. The normalized spacial score (nSPS) is 13.8. The Morgan fingerprint density at radius 1 is 1.21 bits per heavy atom. The maximum Gasteiger partial charge on any atom is 0.363 e. The number of hydrogen-bond donors (Lipinski definition) is 6. The molecule has 11 heteroatoms. The second-order valence-corrected chi connectivity index (χ2v) is 6.92. The monoisotopic (exact) mass is 248 g/mol. The molecule has 0 aromatic rings. The Hall–Kier alpha value is -0.430. The van der Waals surface area contributed by atoms with Crippen molar-refractivity contribution in [3.8, 4) is 0 Å². The van der Waals surface area contributed by atoms with E-state index in [0.29, 0.717) is 6.92 Å². The fraction of sp³-hybridized carbons (Fsp3) is 0.667. The Balaban J connectivity index is 5.41. The van der Waals surface area contributed by atoms with Crippen LogP contribution in [-0.4, -0.2) is 30.6 Å². The third kappa shape index (κ3) is 2.54. The molecule has 0 radical (unpaired) electrons. The van der Waals surface area contributed by atoms with Crippen LogP contribution in [0, 0.1) is 0 Å². The van der Waals surface area contributed by atoms with Crippen LogP contribution in [0.15, 0.2) is 0 Å². The van der Waals surface area contributed by atoms with Gasteiger partial charge in [-0.1, -0.05) is 0 Å². The van der Waals surface area contributed by atoms with Crippen LogP contribution in [0.4, 0.5) is 4.79 Å². The van der Waals surface area contributed by atoms with Crippen molar-refractivity contribution in [1.29, 1.82) is 0 Å². The molecule has 0 bridgehead atoms. The fourth-order valence-corrected chi connectivity index (χ4v) is 2.42. The molecular formula is C3H10N2O7P2. The molecule has 9 nitrogen and oxygen atoms in total. The number of carbonyl (C=O) groups is 1. The summed E-state index contributed by atoms with van der Waals surface area (Å²) in [6, 6.07) is -1.45. The number of nitrogens with two attached hydrogens (primary N) is 1. The van der Waals surface area contributed by atoms with E-state index in [-0.39, 0.29) is 0 Å². The number of rotatable bonds is 3. The minimum absolute atomic E-state index is 0.513. The minimum Gasteiger partial charge on any atom is -0.352 e. The molecule has 0 unspecified atom stereocenters. The Morgan fingerprint density at radius 2 is 1.50 bits per heavy atom. The summed E-state index contributed by atoms with van der Waals surface area (Å²) in [6.45, 7) is 0.513. The quantitative estimate of drug-likeness (QED) is 0.336. The van der Waals surface area contributed by atoms with E-state index in [0.717, 1.165) is 0 Å². The van der Waals surface area contributed by atoms with Crippen LogP contribution >= 0.6 is 15.2 Å². The predicted octanol–water partition coefficient (Wildman–Crippen LogP) is -1.32. The lowest BCUT2D eigenvalue weighted by molar-refractivity contribution is 0.238. The third-order valence-electron chi connectivity index (χ3n) is 1.49. The molecule has 0 saturated carbocycles. The van der Waals surface area contributed by atoms with Crippen molar-refractivity contribution in [3.63, 3.8) is 0 Å². The van der Waals surface area contributed by atoms with Gasteiger partial charge in [-0.15, -0.1) is 0 Å². The van der Waals surface area contributed by atoms with Gasteiger partial charge < -0.3 is 30.6 Å². The Labute approximate surface area is 78.6 Å². The van der Waals surface area contributed by atoms with Gasteiger partial charge in [-0.2, -0.15) is 0 Å². The molecule has 0 aliphatic carbocycles. The van der Waals surface area contributed by atoms with Gasteiger partial charge in [-0.3, -0.25) is 9.13 Å². The molecule has 84 valence electrons. The number of nitrogens with one attached hydrogen (secondary N) is 1. The highest BCUT2D eigenvalue weighted by molar-refractivity contribution is 7.72. The number of primary amides is 1. The van der Waals surface area contributed by atoms with Crippen molar-refractivity contribution in [3.05, 3.63) is 0 Å². The summed E-state index contributed by atoms with van der Waals surface area (Å²) >= 11 is 0. The van der Waals surface area contributed by atoms with Crippen molar-refractivity contribution >= 4 is 21.2 Å². The van der Waals surface area contributed by atoms with Gasteiger partial charge in [0.15, 0.2) is 0 Å². The van der Waals surface area contributed by atoms with E-state index in [4.69, 9.17) is 19.6 Å². The molecule has 0 aromatic heterocycles. The van der Waals surface area contributed by atoms with Gasteiger partial charge in [0.2, 0.25) is 5.02 Å². The molecular weight excluding hydrogens is 238 g/mol. The van der Waals surface area contributed by atoms with Crippen molar-refractivity contribution in [1.82, 2.24) is 5.32 Å². The van der Waals surface area contributed by atoms with Crippen LogP contribution in [0.25, 0.3) is 0 Å². The molecule has 0 heterocycles. The maximum absolute atomic E-state index is 10.8. The molecule has 0 atom stereocenters. The molecule has 0 fully saturated rings. The molecule has 0 saturated heterocycles. The van der Waals surface area contributed by atoms with Crippen molar-refractivity contribution < 1.29 is 33.5 Å². The van der Waals surface area contributed by atoms with Gasteiger partial charge >= 0.3 is 21.2 Å². The zero-order valence-electron chi connectivity index (χ0n) is 6.99. The van der Waals surface area contributed by atoms with E-state index in [1.165, 1.54) is 5.32 Å². The maximum atomic E-state index is 10.8. The van der Waals surface area contributed by atoms with E-state index in [1.807, 2.05) is 0 Å². The van der Waals surface area contributed by atoms with Gasteiger partial charge in [-0.25, -0.2) is 4.79 Å². The average molecular weight is 248 g/mol. The first kappa shape index (κ1) is 13.6. The molecule has 2 amide bonds. The first-order chi connectivity index (χ1) is 5.92. The summed E-state index contributed by atoms with van der Waals surface area (Å²) in [7, 11) is -10.5. The van der Waals surface area contributed by atoms with Crippen LogP contribution in [0.1, 0.15) is 6.92 Å². The highest BCUT2D eigenvalue weighted by Crippen LogP contribution is 2.66. The van der Waals surface area contributed by atoms with E-state index in [9.17, 15) is 13.9 Å². The van der Waals surface area contributed by atoms with Gasteiger partial charge in [0, 0.05) is 0 Å². The topological polar surface area (TPSA) is 170 Å². The minimum atomic E-state index is -5.24. The summed E-state index contributed by atoms with van der Waals surface area (Å²) in [5.74, 6) is 0. The largest absolute Gasteiger partial charge is 0.363 e. The zero-order valence-corrected chi connectivity index (χ0v) is 8.77. The van der Waals surface area contributed by atoms with Crippen molar-refractivity contribution in [2.75, 3.05) is 0 Å². The molecule has 0 aliphatic rings. The lowest BCUT2D eigenvalue weighted by atomic mass is 10.7. The van der Waals surface area contributed by atoms with Gasteiger partial charge in [0.1, 0.15) is 0 Å². The highest BCUT2D eigenvalue weighted by atomic mass is 31.2. The Kier molecular flexibility index (Phi) is 3.51. The van der Waals surface area contributed by atoms with Crippen LogP contribution in [-0.2, 0) is 9.13 Å². The average Bonchev–Trinajstić information content (AvgIpc) is 1.79. The van der Waals surface area contributed by atoms with Gasteiger partial charge in [-0.05, 0) is 6.92 Å². The van der Waals surface area contributed by atoms with Gasteiger partial charge in [0.05, 0.1) is 0 Å². The SMILES string of the molecule is CC(NC(N)=O)(P(=O)(O)O)P(=O)(O)O. The third-order valence-corrected chi connectivity index (χ3v) is 5.55. The standard InChI is InChI=1S/C3H10N2O7P2/c1-3(5-2(4)6,13(7,8)9)14(10,11)12/h1H3,(H3,4,5,6)(H2,7,8,9)(H2,10,11,12). The zero-order chi connectivity index (χ0) is 11.8. The van der Waals surface area contributed by atoms with Crippen LogP contribution in [0.2, 0.25) is 0 Å². The smallest absolute Gasteiger partial charge is 0.352 e. The van der Waals surface area contributed by atoms with E-state index in [2.05, 4.69) is 5.73 Å². The molecule has 0 spiro atoms. The molecule has 14 heavy (non-hydrogen) atoms. The second-order valence-electron chi connectivity index (χ2n) is 2.60. The summed E-state index contributed by atoms with van der Waals surface area (Å²) < 4.78 is 21.5. The predicted molar refractivity (Wildman–Crippen MR) is 45.2 cm³/mol. The van der Waals surface area contributed by atoms with E-state index in [1.54, 1.807) is 0 Å². The molecule has 0 aliphatic heterocycles. The lowest BCUT2D eigenvalue weighted by Crippen LogP contribution is -2.47. The number of urea groups is 1. The summed E-state index contributed by atoms with van der Waals surface area (Å²) in [6.07, 6.45) is 0.